The number of rotatable bonds is 20. The van der Waals surface area contributed by atoms with Crippen LogP contribution in [-0.4, -0.2) is 11.1 Å². The predicted molar refractivity (Wildman–Crippen MR) is 133 cm³/mol. The zero-order valence-corrected chi connectivity index (χ0v) is 20.6. The molecule has 2 nitrogen and oxygen atoms in total. The molecule has 0 bridgehead atoms. The van der Waals surface area contributed by atoms with E-state index in [4.69, 9.17) is 0 Å². The zero-order chi connectivity index (χ0) is 22.5. The van der Waals surface area contributed by atoms with Gasteiger partial charge in [-0.05, 0) is 72.1 Å². The third kappa shape index (κ3) is 20.0. The number of unbranched alkanes of at least 4 members (excludes halogenated alkanes) is 10. The van der Waals surface area contributed by atoms with Crippen LogP contribution in [0.4, 0.5) is 0 Å². The summed E-state index contributed by atoms with van der Waals surface area (Å²) in [5, 5.41) is 9.49. The van der Waals surface area contributed by atoms with Crippen LogP contribution in [0.1, 0.15) is 130 Å². The van der Waals surface area contributed by atoms with Crippen molar-refractivity contribution in [3.63, 3.8) is 0 Å². The Morgan fingerprint density at radius 1 is 0.767 bits per heavy atom. The van der Waals surface area contributed by atoms with E-state index in [2.05, 4.69) is 52.0 Å². The van der Waals surface area contributed by atoms with Gasteiger partial charge < -0.3 is 5.11 Å². The van der Waals surface area contributed by atoms with E-state index in [-0.39, 0.29) is 5.92 Å². The fourth-order valence-electron chi connectivity index (χ4n) is 3.66. The van der Waals surface area contributed by atoms with Crippen LogP contribution < -0.4 is 0 Å². The molecular weight excluding hydrogens is 368 g/mol. The molecule has 1 atom stereocenters. The van der Waals surface area contributed by atoms with Crippen molar-refractivity contribution in [2.45, 2.75) is 130 Å². The van der Waals surface area contributed by atoms with Gasteiger partial charge in [-0.25, -0.2) is 0 Å². The summed E-state index contributed by atoms with van der Waals surface area (Å²) in [7, 11) is 0. The largest absolute Gasteiger partial charge is 0.481 e. The van der Waals surface area contributed by atoms with Crippen molar-refractivity contribution < 1.29 is 9.90 Å². The SMILES string of the molecule is CCCCCCCC/C=C\CCCCCCC(C/C=C(\C)CCC=C(C)C)C(=O)O. The minimum atomic E-state index is -0.638. The highest BCUT2D eigenvalue weighted by molar-refractivity contribution is 5.70. The lowest BCUT2D eigenvalue weighted by Gasteiger charge is -2.10. The van der Waals surface area contributed by atoms with Crippen molar-refractivity contribution in [2.24, 2.45) is 5.92 Å². The molecule has 30 heavy (non-hydrogen) atoms. The summed E-state index contributed by atoms with van der Waals surface area (Å²) in [4.78, 5) is 11.5. The second-order valence-corrected chi connectivity index (χ2v) is 9.16. The fraction of sp³-hybridized carbons (Fsp3) is 0.750. The second-order valence-electron chi connectivity index (χ2n) is 9.16. The van der Waals surface area contributed by atoms with Crippen LogP contribution in [0.5, 0.6) is 0 Å². The average molecular weight is 419 g/mol. The molecule has 0 aliphatic rings. The quantitative estimate of drug-likeness (QED) is 0.158. The molecule has 0 saturated heterocycles. The highest BCUT2D eigenvalue weighted by Gasteiger charge is 2.15. The van der Waals surface area contributed by atoms with Crippen molar-refractivity contribution in [2.75, 3.05) is 0 Å². The Morgan fingerprint density at radius 3 is 1.90 bits per heavy atom. The number of hydrogen-bond acceptors (Lipinski definition) is 1. The minimum Gasteiger partial charge on any atom is -0.481 e. The Balaban J connectivity index is 3.76. The summed E-state index contributed by atoms with van der Waals surface area (Å²) in [5.74, 6) is -0.860. The molecule has 0 aliphatic carbocycles. The normalized spacial score (nSPS) is 13.0. The minimum absolute atomic E-state index is 0.222. The van der Waals surface area contributed by atoms with Gasteiger partial charge in [-0.3, -0.25) is 4.79 Å². The summed E-state index contributed by atoms with van der Waals surface area (Å²) in [6.07, 6.45) is 27.9. The van der Waals surface area contributed by atoms with E-state index < -0.39 is 5.97 Å². The molecule has 0 aromatic rings. The van der Waals surface area contributed by atoms with E-state index in [0.29, 0.717) is 6.42 Å². The van der Waals surface area contributed by atoms with Crippen LogP contribution in [0.2, 0.25) is 0 Å². The molecule has 174 valence electrons. The molecule has 0 saturated carbocycles. The van der Waals surface area contributed by atoms with Gasteiger partial charge in [-0.1, -0.05) is 93.7 Å². The molecule has 0 aromatic carbocycles. The summed E-state index contributed by atoms with van der Waals surface area (Å²) in [6.45, 7) is 8.62. The van der Waals surface area contributed by atoms with Gasteiger partial charge in [0.25, 0.3) is 0 Å². The van der Waals surface area contributed by atoms with Gasteiger partial charge >= 0.3 is 5.97 Å². The number of carboxylic acid groups (broad SMARTS) is 1. The summed E-state index contributed by atoms with van der Waals surface area (Å²) >= 11 is 0. The van der Waals surface area contributed by atoms with Crippen LogP contribution in [0.3, 0.4) is 0 Å². The molecule has 0 aliphatic heterocycles. The summed E-state index contributed by atoms with van der Waals surface area (Å²) in [6, 6.07) is 0. The number of carbonyl (C=O) groups is 1. The Kier molecular flexibility index (Phi) is 20.0. The molecule has 1 N–H and O–H groups in total. The van der Waals surface area contributed by atoms with Crippen molar-refractivity contribution in [3.05, 3.63) is 35.5 Å². The first-order valence-corrected chi connectivity index (χ1v) is 12.6. The molecule has 0 rings (SSSR count). The third-order valence-electron chi connectivity index (χ3n) is 5.76. The molecule has 0 amide bonds. The molecule has 0 heterocycles. The number of carboxylic acids is 1. The molecular formula is C28H50O2. The van der Waals surface area contributed by atoms with Crippen LogP contribution >= 0.6 is 0 Å². The van der Waals surface area contributed by atoms with Gasteiger partial charge in [-0.2, -0.15) is 0 Å². The summed E-state index contributed by atoms with van der Waals surface area (Å²) in [5.41, 5.74) is 2.66. The first kappa shape index (κ1) is 28.7. The molecule has 0 spiro atoms. The van der Waals surface area contributed by atoms with E-state index in [1.807, 2.05) is 0 Å². The smallest absolute Gasteiger partial charge is 0.306 e. The Hall–Kier alpha value is -1.31. The highest BCUT2D eigenvalue weighted by atomic mass is 16.4. The van der Waals surface area contributed by atoms with Crippen LogP contribution in [-0.2, 0) is 4.79 Å². The van der Waals surface area contributed by atoms with Crippen molar-refractivity contribution in [1.29, 1.82) is 0 Å². The average Bonchev–Trinajstić information content (AvgIpc) is 2.69. The van der Waals surface area contributed by atoms with Gasteiger partial charge in [0.15, 0.2) is 0 Å². The lowest BCUT2D eigenvalue weighted by Crippen LogP contribution is -2.12. The van der Waals surface area contributed by atoms with Crippen molar-refractivity contribution in [1.82, 2.24) is 0 Å². The molecule has 2 heteroatoms. The first-order chi connectivity index (χ1) is 14.5. The Bertz CT molecular complexity index is 495. The van der Waals surface area contributed by atoms with E-state index in [1.165, 1.54) is 75.4 Å². The Morgan fingerprint density at radius 2 is 1.33 bits per heavy atom. The lowest BCUT2D eigenvalue weighted by molar-refractivity contribution is -0.141. The van der Waals surface area contributed by atoms with Gasteiger partial charge in [0.1, 0.15) is 0 Å². The van der Waals surface area contributed by atoms with Gasteiger partial charge in [-0.15, -0.1) is 0 Å². The number of allylic oxidation sites excluding steroid dienone is 6. The number of hydrogen-bond donors (Lipinski definition) is 1. The van der Waals surface area contributed by atoms with Crippen molar-refractivity contribution in [3.8, 4) is 0 Å². The van der Waals surface area contributed by atoms with Crippen LogP contribution in [0.15, 0.2) is 35.5 Å². The molecule has 0 fully saturated rings. The van der Waals surface area contributed by atoms with E-state index in [9.17, 15) is 9.90 Å². The zero-order valence-electron chi connectivity index (χ0n) is 20.6. The maximum Gasteiger partial charge on any atom is 0.306 e. The monoisotopic (exact) mass is 418 g/mol. The standard InChI is InChI=1S/C28H50O2/c1-5-6-7-8-9-10-11-12-13-14-15-16-17-18-22-27(28(29)30)24-23-26(4)21-19-20-25(2)3/h12-13,20,23,27H,5-11,14-19,21-22,24H2,1-4H3,(H,29,30)/b13-12-,26-23+. The Labute approximate surface area is 187 Å². The van der Waals surface area contributed by atoms with Crippen molar-refractivity contribution >= 4 is 5.97 Å². The highest BCUT2D eigenvalue weighted by Crippen LogP contribution is 2.18. The van der Waals surface area contributed by atoms with Gasteiger partial charge in [0, 0.05) is 0 Å². The molecule has 0 radical (unpaired) electrons. The molecule has 0 aromatic heterocycles. The lowest BCUT2D eigenvalue weighted by atomic mass is 9.95. The summed E-state index contributed by atoms with van der Waals surface area (Å²) < 4.78 is 0. The first-order valence-electron chi connectivity index (χ1n) is 12.6. The third-order valence-corrected chi connectivity index (χ3v) is 5.76. The fourth-order valence-corrected chi connectivity index (χ4v) is 3.66. The topological polar surface area (TPSA) is 37.3 Å². The van der Waals surface area contributed by atoms with Gasteiger partial charge in [0.2, 0.25) is 0 Å². The number of aliphatic carboxylic acids is 1. The molecule has 1 unspecified atom stereocenters. The predicted octanol–water partition coefficient (Wildman–Crippen LogP) is 9.42. The second kappa shape index (κ2) is 20.9. The maximum atomic E-state index is 11.5. The van der Waals surface area contributed by atoms with E-state index >= 15 is 0 Å². The van der Waals surface area contributed by atoms with E-state index in [1.54, 1.807) is 0 Å². The van der Waals surface area contributed by atoms with Gasteiger partial charge in [0.05, 0.1) is 5.92 Å². The van der Waals surface area contributed by atoms with Crippen LogP contribution in [0.25, 0.3) is 0 Å². The van der Waals surface area contributed by atoms with E-state index in [0.717, 1.165) is 32.1 Å². The van der Waals surface area contributed by atoms with Crippen LogP contribution in [0, 0.1) is 5.92 Å². The maximum absolute atomic E-state index is 11.5.